The van der Waals surface area contributed by atoms with Gasteiger partial charge in [-0.25, -0.2) is 4.98 Å². The molecule has 2 N–H and O–H groups in total. The van der Waals surface area contributed by atoms with E-state index in [0.29, 0.717) is 0 Å². The predicted molar refractivity (Wildman–Crippen MR) is 67.4 cm³/mol. The number of pyridine rings is 1. The van der Waals surface area contributed by atoms with Gasteiger partial charge in [0, 0.05) is 6.20 Å². The molecule has 3 rings (SSSR count). The Morgan fingerprint density at radius 1 is 1.17 bits per heavy atom. The molecule has 18 heavy (non-hydrogen) atoms. The van der Waals surface area contributed by atoms with E-state index in [1.54, 1.807) is 24.7 Å². The van der Waals surface area contributed by atoms with E-state index in [-0.39, 0.29) is 5.69 Å². The summed E-state index contributed by atoms with van der Waals surface area (Å²) in [6, 6.07) is 11.2. The van der Waals surface area contributed by atoms with Crippen LogP contribution in [0.5, 0.6) is 0 Å². The molecule has 0 bridgehead atoms. The maximum atomic E-state index is 11.1. The zero-order valence-corrected chi connectivity index (χ0v) is 9.45. The highest BCUT2D eigenvalue weighted by Gasteiger charge is 2.07. The van der Waals surface area contributed by atoms with Crippen molar-refractivity contribution >= 4 is 16.9 Å². The van der Waals surface area contributed by atoms with Gasteiger partial charge in [-0.05, 0) is 24.3 Å². The van der Waals surface area contributed by atoms with Crippen molar-refractivity contribution in [2.75, 3.05) is 0 Å². The quantitative estimate of drug-likeness (QED) is 0.735. The van der Waals surface area contributed by atoms with E-state index < -0.39 is 5.91 Å². The molecular formula is C13H10N4O. The standard InChI is InChI=1S/C13H10N4O/c14-13(18)11-7-9(5-6-15-11)17-8-16-10-3-1-2-4-12(10)17/h1-8H,(H2,14,18). The minimum atomic E-state index is -0.540. The number of nitrogens with two attached hydrogens (primary N) is 1. The van der Waals surface area contributed by atoms with Gasteiger partial charge >= 0.3 is 0 Å². The van der Waals surface area contributed by atoms with E-state index in [0.717, 1.165) is 16.7 Å². The number of fused-ring (bicyclic) bond motifs is 1. The summed E-state index contributed by atoms with van der Waals surface area (Å²) in [5.74, 6) is -0.540. The number of nitrogens with zero attached hydrogens (tertiary/aromatic N) is 3. The van der Waals surface area contributed by atoms with Crippen molar-refractivity contribution in [1.82, 2.24) is 14.5 Å². The van der Waals surface area contributed by atoms with Gasteiger partial charge in [-0.15, -0.1) is 0 Å². The summed E-state index contributed by atoms with van der Waals surface area (Å²) in [4.78, 5) is 19.3. The van der Waals surface area contributed by atoms with Crippen molar-refractivity contribution in [2.45, 2.75) is 0 Å². The number of amides is 1. The third-order valence-electron chi connectivity index (χ3n) is 2.73. The van der Waals surface area contributed by atoms with E-state index in [9.17, 15) is 4.79 Å². The molecule has 3 aromatic rings. The van der Waals surface area contributed by atoms with Crippen molar-refractivity contribution < 1.29 is 4.79 Å². The number of carbonyl (C=O) groups excluding carboxylic acids is 1. The van der Waals surface area contributed by atoms with E-state index in [1.807, 2.05) is 28.8 Å². The maximum Gasteiger partial charge on any atom is 0.267 e. The molecule has 1 aromatic carbocycles. The average Bonchev–Trinajstić information content (AvgIpc) is 2.82. The highest BCUT2D eigenvalue weighted by Crippen LogP contribution is 2.17. The van der Waals surface area contributed by atoms with Gasteiger partial charge in [0.05, 0.1) is 16.7 Å². The maximum absolute atomic E-state index is 11.1. The van der Waals surface area contributed by atoms with Crippen LogP contribution >= 0.6 is 0 Å². The predicted octanol–water partition coefficient (Wildman–Crippen LogP) is 1.52. The van der Waals surface area contributed by atoms with Crippen LogP contribution in [0.2, 0.25) is 0 Å². The molecule has 0 aliphatic rings. The topological polar surface area (TPSA) is 73.8 Å². The van der Waals surface area contributed by atoms with Crippen LogP contribution in [0.25, 0.3) is 16.7 Å². The summed E-state index contributed by atoms with van der Waals surface area (Å²) < 4.78 is 1.89. The SMILES string of the molecule is NC(=O)c1cc(-n2cnc3ccccc32)ccn1. The molecule has 2 aromatic heterocycles. The smallest absolute Gasteiger partial charge is 0.267 e. The number of hydrogen-bond acceptors (Lipinski definition) is 3. The summed E-state index contributed by atoms with van der Waals surface area (Å²) in [6.07, 6.45) is 3.27. The van der Waals surface area contributed by atoms with Gasteiger partial charge in [-0.2, -0.15) is 0 Å². The highest BCUT2D eigenvalue weighted by atomic mass is 16.1. The number of para-hydroxylation sites is 2. The van der Waals surface area contributed by atoms with Crippen molar-refractivity contribution in [3.8, 4) is 5.69 Å². The van der Waals surface area contributed by atoms with Crippen LogP contribution in [0.4, 0.5) is 0 Å². The third kappa shape index (κ3) is 1.62. The first kappa shape index (κ1) is 10.5. The Hall–Kier alpha value is -2.69. The molecule has 2 heterocycles. The minimum absolute atomic E-state index is 0.241. The molecule has 0 unspecified atom stereocenters. The zero-order chi connectivity index (χ0) is 12.5. The molecule has 0 saturated heterocycles. The second-order valence-electron chi connectivity index (χ2n) is 3.87. The van der Waals surface area contributed by atoms with Crippen LogP contribution in [0.15, 0.2) is 48.9 Å². The van der Waals surface area contributed by atoms with Gasteiger partial charge in [0.25, 0.3) is 5.91 Å². The van der Waals surface area contributed by atoms with Gasteiger partial charge in [0.1, 0.15) is 12.0 Å². The molecule has 5 heteroatoms. The highest BCUT2D eigenvalue weighted by molar-refractivity contribution is 5.91. The van der Waals surface area contributed by atoms with Crippen LogP contribution in [-0.4, -0.2) is 20.4 Å². The van der Waals surface area contributed by atoms with Crippen molar-refractivity contribution in [1.29, 1.82) is 0 Å². The molecule has 0 fully saturated rings. The van der Waals surface area contributed by atoms with Gasteiger partial charge in [-0.1, -0.05) is 12.1 Å². The Morgan fingerprint density at radius 3 is 2.83 bits per heavy atom. The first-order valence-electron chi connectivity index (χ1n) is 5.44. The monoisotopic (exact) mass is 238 g/mol. The van der Waals surface area contributed by atoms with E-state index >= 15 is 0 Å². The number of benzene rings is 1. The Kier molecular flexibility index (Phi) is 2.30. The zero-order valence-electron chi connectivity index (χ0n) is 9.45. The van der Waals surface area contributed by atoms with Crippen molar-refractivity contribution in [3.05, 3.63) is 54.6 Å². The third-order valence-corrected chi connectivity index (χ3v) is 2.73. The summed E-state index contributed by atoms with van der Waals surface area (Å²) in [7, 11) is 0. The number of rotatable bonds is 2. The molecule has 0 aliphatic carbocycles. The normalized spacial score (nSPS) is 10.7. The van der Waals surface area contributed by atoms with Crippen LogP contribution < -0.4 is 5.73 Å². The Bertz CT molecular complexity index is 732. The number of primary amides is 1. The largest absolute Gasteiger partial charge is 0.364 e. The van der Waals surface area contributed by atoms with Gasteiger partial charge < -0.3 is 5.73 Å². The molecule has 5 nitrogen and oxygen atoms in total. The fourth-order valence-corrected chi connectivity index (χ4v) is 1.87. The first-order valence-corrected chi connectivity index (χ1v) is 5.44. The summed E-state index contributed by atoms with van der Waals surface area (Å²) in [5, 5.41) is 0. The Balaban J connectivity index is 2.20. The molecular weight excluding hydrogens is 228 g/mol. The molecule has 0 atom stereocenters. The number of hydrogen-bond donors (Lipinski definition) is 1. The molecule has 0 spiro atoms. The Morgan fingerprint density at radius 2 is 2.00 bits per heavy atom. The van der Waals surface area contributed by atoms with Gasteiger partial charge in [-0.3, -0.25) is 14.3 Å². The van der Waals surface area contributed by atoms with Gasteiger partial charge in [0.15, 0.2) is 0 Å². The lowest BCUT2D eigenvalue weighted by molar-refractivity contribution is 0.0995. The lowest BCUT2D eigenvalue weighted by Crippen LogP contribution is -2.13. The Labute approximate surface area is 103 Å². The molecule has 1 amide bonds. The second kappa shape index (κ2) is 3.96. The number of aromatic nitrogens is 3. The summed E-state index contributed by atoms with van der Waals surface area (Å²) in [6.45, 7) is 0. The van der Waals surface area contributed by atoms with Crippen molar-refractivity contribution in [3.63, 3.8) is 0 Å². The number of imidazole rings is 1. The van der Waals surface area contributed by atoms with E-state index in [4.69, 9.17) is 5.73 Å². The molecule has 0 radical (unpaired) electrons. The fourth-order valence-electron chi connectivity index (χ4n) is 1.87. The minimum Gasteiger partial charge on any atom is -0.364 e. The van der Waals surface area contributed by atoms with Crippen LogP contribution in [0.1, 0.15) is 10.5 Å². The molecule has 0 aliphatic heterocycles. The van der Waals surface area contributed by atoms with Crippen molar-refractivity contribution in [2.24, 2.45) is 5.73 Å². The van der Waals surface area contributed by atoms with E-state index in [2.05, 4.69) is 9.97 Å². The summed E-state index contributed by atoms with van der Waals surface area (Å²) in [5.41, 5.74) is 8.15. The molecule has 88 valence electrons. The lowest BCUT2D eigenvalue weighted by atomic mass is 10.2. The van der Waals surface area contributed by atoms with Crippen LogP contribution in [-0.2, 0) is 0 Å². The van der Waals surface area contributed by atoms with Gasteiger partial charge in [0.2, 0.25) is 0 Å². The fraction of sp³-hybridized carbons (Fsp3) is 0. The van der Waals surface area contributed by atoms with E-state index in [1.165, 1.54) is 0 Å². The average molecular weight is 238 g/mol. The number of carbonyl (C=O) groups is 1. The molecule has 0 saturated carbocycles. The lowest BCUT2D eigenvalue weighted by Gasteiger charge is -2.04. The second-order valence-corrected chi connectivity index (χ2v) is 3.87. The van der Waals surface area contributed by atoms with Crippen LogP contribution in [0, 0.1) is 0 Å². The van der Waals surface area contributed by atoms with Crippen LogP contribution in [0.3, 0.4) is 0 Å². The first-order chi connectivity index (χ1) is 8.75. The summed E-state index contributed by atoms with van der Waals surface area (Å²) >= 11 is 0.